The molecular formula is C35H37BrClN3O4S. The van der Waals surface area contributed by atoms with Gasteiger partial charge in [-0.2, -0.15) is 0 Å². The van der Waals surface area contributed by atoms with E-state index < -0.39 is 28.5 Å². The lowest BCUT2D eigenvalue weighted by atomic mass is 10.0. The average Bonchev–Trinajstić information content (AvgIpc) is 3.01. The van der Waals surface area contributed by atoms with Crippen molar-refractivity contribution in [2.75, 3.05) is 17.4 Å². The zero-order valence-corrected chi connectivity index (χ0v) is 28.7. The lowest BCUT2D eigenvalue weighted by molar-refractivity contribution is -0.140. The summed E-state index contributed by atoms with van der Waals surface area (Å²) in [4.78, 5) is 29.8. The molecule has 0 radical (unpaired) electrons. The predicted octanol–water partition coefficient (Wildman–Crippen LogP) is 7.08. The van der Waals surface area contributed by atoms with E-state index in [9.17, 15) is 18.0 Å². The molecule has 10 heteroatoms. The number of benzene rings is 4. The summed E-state index contributed by atoms with van der Waals surface area (Å²) >= 11 is 9.74. The molecule has 7 nitrogen and oxygen atoms in total. The van der Waals surface area contributed by atoms with Crippen molar-refractivity contribution in [1.82, 2.24) is 10.2 Å². The third kappa shape index (κ3) is 8.96. The number of nitrogens with one attached hydrogen (secondary N) is 1. The fourth-order valence-corrected chi connectivity index (χ4v) is 7.15. The second-order valence-electron chi connectivity index (χ2n) is 10.9. The maximum Gasteiger partial charge on any atom is 0.264 e. The van der Waals surface area contributed by atoms with Crippen molar-refractivity contribution in [2.24, 2.45) is 0 Å². The molecule has 0 aliphatic heterocycles. The van der Waals surface area contributed by atoms with Gasteiger partial charge in [0.15, 0.2) is 0 Å². The van der Waals surface area contributed by atoms with E-state index in [1.54, 1.807) is 37.3 Å². The van der Waals surface area contributed by atoms with Crippen molar-refractivity contribution in [3.63, 3.8) is 0 Å². The second-order valence-corrected chi connectivity index (χ2v) is 14.1. The highest BCUT2D eigenvalue weighted by molar-refractivity contribution is 9.10. The summed E-state index contributed by atoms with van der Waals surface area (Å²) in [5, 5.41) is 3.40. The van der Waals surface area contributed by atoms with Crippen LogP contribution in [0.4, 0.5) is 5.69 Å². The second kappa shape index (κ2) is 15.6. The van der Waals surface area contributed by atoms with Gasteiger partial charge >= 0.3 is 0 Å². The Morgan fingerprint density at radius 3 is 2.22 bits per heavy atom. The fourth-order valence-electron chi connectivity index (χ4n) is 5.00. The van der Waals surface area contributed by atoms with Crippen molar-refractivity contribution in [3.8, 4) is 0 Å². The number of amides is 2. The third-order valence-electron chi connectivity index (χ3n) is 7.38. The molecule has 0 aliphatic carbocycles. The highest BCUT2D eigenvalue weighted by atomic mass is 79.9. The molecule has 45 heavy (non-hydrogen) atoms. The van der Waals surface area contributed by atoms with Gasteiger partial charge in [0.05, 0.1) is 10.6 Å². The molecule has 4 aromatic rings. The number of aryl methyl sites for hydroxylation is 2. The molecule has 0 aromatic heterocycles. The van der Waals surface area contributed by atoms with E-state index in [4.69, 9.17) is 11.6 Å². The smallest absolute Gasteiger partial charge is 0.264 e. The first-order valence-corrected chi connectivity index (χ1v) is 17.3. The summed E-state index contributed by atoms with van der Waals surface area (Å²) in [7, 11) is -4.20. The van der Waals surface area contributed by atoms with Crippen LogP contribution in [-0.2, 0) is 32.6 Å². The first kappa shape index (κ1) is 34.2. The molecule has 0 fully saturated rings. The number of rotatable bonds is 13. The van der Waals surface area contributed by atoms with Gasteiger partial charge < -0.3 is 10.2 Å². The Morgan fingerprint density at radius 2 is 1.58 bits per heavy atom. The number of hydrogen-bond donors (Lipinski definition) is 1. The van der Waals surface area contributed by atoms with E-state index in [0.717, 1.165) is 31.9 Å². The standard InChI is InChI=1S/C35H37BrClN3O4S/c1-4-19-38-35(42)33(22-27-9-6-5-7-10-27)39(23-28-11-8-12-29(36)21-28)34(41)24-40(32-18-15-30(37)20-26(32)3)45(43,44)31-16-13-25(2)14-17-31/h5-18,20-21,33H,4,19,22-24H2,1-3H3,(H,38,42)/t33-/m1/s1. The van der Waals surface area contributed by atoms with Crippen LogP contribution in [0.2, 0.25) is 5.02 Å². The molecule has 236 valence electrons. The molecule has 0 aliphatic rings. The molecule has 2 amide bonds. The number of carbonyl (C=O) groups is 2. The van der Waals surface area contributed by atoms with Crippen molar-refractivity contribution in [3.05, 3.63) is 129 Å². The van der Waals surface area contributed by atoms with Gasteiger partial charge in [0.2, 0.25) is 11.8 Å². The molecule has 1 N–H and O–H groups in total. The largest absolute Gasteiger partial charge is 0.354 e. The van der Waals surface area contributed by atoms with Crippen LogP contribution in [0, 0.1) is 13.8 Å². The zero-order valence-electron chi connectivity index (χ0n) is 25.5. The predicted molar refractivity (Wildman–Crippen MR) is 184 cm³/mol. The summed E-state index contributed by atoms with van der Waals surface area (Å²) in [6.07, 6.45) is 0.975. The molecule has 0 spiro atoms. The summed E-state index contributed by atoms with van der Waals surface area (Å²) in [6.45, 7) is 5.59. The van der Waals surface area contributed by atoms with Crippen molar-refractivity contribution < 1.29 is 18.0 Å². The lowest BCUT2D eigenvalue weighted by Crippen LogP contribution is -2.53. The van der Waals surface area contributed by atoms with Crippen LogP contribution in [0.3, 0.4) is 0 Å². The van der Waals surface area contributed by atoms with Crippen LogP contribution in [0.1, 0.15) is 35.6 Å². The molecule has 4 aromatic carbocycles. The molecule has 0 bridgehead atoms. The number of carbonyl (C=O) groups excluding carboxylic acids is 2. The molecular weight excluding hydrogens is 674 g/mol. The first-order chi connectivity index (χ1) is 21.5. The van der Waals surface area contributed by atoms with E-state index in [0.29, 0.717) is 22.8 Å². The number of anilines is 1. The van der Waals surface area contributed by atoms with Crippen LogP contribution in [0.15, 0.2) is 106 Å². The van der Waals surface area contributed by atoms with Gasteiger partial charge in [-0.3, -0.25) is 13.9 Å². The van der Waals surface area contributed by atoms with Gasteiger partial charge in [-0.1, -0.05) is 94.6 Å². The van der Waals surface area contributed by atoms with E-state index in [-0.39, 0.29) is 23.8 Å². The van der Waals surface area contributed by atoms with Gasteiger partial charge in [-0.05, 0) is 79.4 Å². The summed E-state index contributed by atoms with van der Waals surface area (Å²) < 4.78 is 30.4. The van der Waals surface area contributed by atoms with Gasteiger partial charge in [0, 0.05) is 29.0 Å². The van der Waals surface area contributed by atoms with Crippen molar-refractivity contribution in [1.29, 1.82) is 0 Å². The quantitative estimate of drug-likeness (QED) is 0.161. The van der Waals surface area contributed by atoms with Crippen LogP contribution in [0.25, 0.3) is 0 Å². The minimum Gasteiger partial charge on any atom is -0.354 e. The van der Waals surface area contributed by atoms with E-state index in [1.165, 1.54) is 17.0 Å². The van der Waals surface area contributed by atoms with E-state index in [2.05, 4.69) is 21.2 Å². The number of hydrogen-bond acceptors (Lipinski definition) is 4. The highest BCUT2D eigenvalue weighted by Crippen LogP contribution is 2.30. The Bertz CT molecular complexity index is 1730. The minimum absolute atomic E-state index is 0.0512. The lowest BCUT2D eigenvalue weighted by Gasteiger charge is -2.34. The first-order valence-electron chi connectivity index (χ1n) is 14.7. The van der Waals surface area contributed by atoms with Crippen LogP contribution in [-0.4, -0.2) is 44.3 Å². The van der Waals surface area contributed by atoms with Crippen LogP contribution < -0.4 is 9.62 Å². The number of halogens is 2. The maximum atomic E-state index is 14.5. The van der Waals surface area contributed by atoms with Crippen LogP contribution in [0.5, 0.6) is 0 Å². The molecule has 0 saturated heterocycles. The average molecular weight is 711 g/mol. The molecule has 0 saturated carbocycles. The van der Waals surface area contributed by atoms with E-state index in [1.807, 2.05) is 68.4 Å². The van der Waals surface area contributed by atoms with Crippen LogP contribution >= 0.6 is 27.5 Å². The normalized spacial score (nSPS) is 11.9. The molecule has 0 heterocycles. The van der Waals surface area contributed by atoms with Crippen molar-refractivity contribution in [2.45, 2.75) is 51.1 Å². The Hall–Kier alpha value is -3.66. The fraction of sp³-hybridized carbons (Fsp3) is 0.257. The van der Waals surface area contributed by atoms with Gasteiger partial charge in [0.1, 0.15) is 12.6 Å². The Balaban J connectivity index is 1.82. The molecule has 1 atom stereocenters. The SMILES string of the molecule is CCCNC(=O)[C@@H](Cc1ccccc1)N(Cc1cccc(Br)c1)C(=O)CN(c1ccc(Cl)cc1C)S(=O)(=O)c1ccc(C)cc1. The third-order valence-corrected chi connectivity index (χ3v) is 9.88. The Labute approximate surface area is 279 Å². The van der Waals surface area contributed by atoms with Gasteiger partial charge in [-0.15, -0.1) is 0 Å². The summed E-state index contributed by atoms with van der Waals surface area (Å²) in [5.74, 6) is -0.827. The topological polar surface area (TPSA) is 86.8 Å². The summed E-state index contributed by atoms with van der Waals surface area (Å²) in [5.41, 5.74) is 3.48. The Morgan fingerprint density at radius 1 is 0.889 bits per heavy atom. The monoisotopic (exact) mass is 709 g/mol. The zero-order chi connectivity index (χ0) is 32.6. The van der Waals surface area contributed by atoms with E-state index >= 15 is 0 Å². The molecule has 0 unspecified atom stereocenters. The highest BCUT2D eigenvalue weighted by Gasteiger charge is 2.35. The number of nitrogens with zero attached hydrogens (tertiary/aromatic N) is 2. The minimum atomic E-state index is -4.20. The van der Waals surface area contributed by atoms with Gasteiger partial charge in [0.25, 0.3) is 10.0 Å². The summed E-state index contributed by atoms with van der Waals surface area (Å²) in [6, 6.07) is 27.4. The van der Waals surface area contributed by atoms with Crippen molar-refractivity contribution >= 4 is 55.1 Å². The van der Waals surface area contributed by atoms with Gasteiger partial charge in [-0.25, -0.2) is 8.42 Å². The number of sulfonamides is 1. The maximum absolute atomic E-state index is 14.5. The molecule has 4 rings (SSSR count). The Kier molecular flexibility index (Phi) is 11.8.